The number of hydrogen-bond donors (Lipinski definition) is 2. The third-order valence-corrected chi connectivity index (χ3v) is 3.08. The molecule has 0 saturated carbocycles. The number of nitrogens with one attached hydrogen (secondary N) is 1. The number of halogens is 1. The number of aliphatic hydroxyl groups is 1. The molecule has 19 heavy (non-hydrogen) atoms. The molecule has 0 aromatic carbocycles. The second kappa shape index (κ2) is 8.29. The molecule has 0 saturated heterocycles. The Kier molecular flexibility index (Phi) is 7.04. The first-order valence-electron chi connectivity index (χ1n) is 6.24. The minimum atomic E-state index is -0.262. The second-order valence-corrected chi connectivity index (χ2v) is 5.31. The first-order chi connectivity index (χ1) is 9.06. The van der Waals surface area contributed by atoms with Crippen LogP contribution in [0.25, 0.3) is 0 Å². The van der Waals surface area contributed by atoms with Crippen LogP contribution >= 0.6 is 15.9 Å². The number of hydrogen-bond acceptors (Lipinski definition) is 5. The molecule has 7 heteroatoms. The van der Waals surface area contributed by atoms with Crippen molar-refractivity contribution in [2.24, 2.45) is 5.92 Å². The van der Waals surface area contributed by atoms with Crippen molar-refractivity contribution >= 4 is 21.6 Å². The molecule has 1 aromatic heterocycles. The van der Waals surface area contributed by atoms with Crippen molar-refractivity contribution in [1.82, 2.24) is 9.78 Å². The first-order valence-corrected chi connectivity index (χ1v) is 7.03. The molecular formula is C12H20BrN3O3. The van der Waals surface area contributed by atoms with Gasteiger partial charge in [0.1, 0.15) is 4.47 Å². The zero-order chi connectivity index (χ0) is 14.3. The standard InChI is InChI=1S/C12H20BrN3O3/c1-9(2)8-19-6-3-14-10-7-15-16(4-5-17)12(18)11(10)13/h7,9,14,17H,3-6,8H2,1-2H3. The van der Waals surface area contributed by atoms with E-state index in [2.05, 4.69) is 40.2 Å². The van der Waals surface area contributed by atoms with Gasteiger partial charge in [0.15, 0.2) is 0 Å². The van der Waals surface area contributed by atoms with Crippen LogP contribution in [0.2, 0.25) is 0 Å². The summed E-state index contributed by atoms with van der Waals surface area (Å²) >= 11 is 3.24. The molecule has 0 fully saturated rings. The van der Waals surface area contributed by atoms with Gasteiger partial charge in [-0.2, -0.15) is 5.10 Å². The van der Waals surface area contributed by atoms with Crippen LogP contribution < -0.4 is 10.9 Å². The molecule has 0 aliphatic carbocycles. The van der Waals surface area contributed by atoms with Gasteiger partial charge in [0, 0.05) is 13.2 Å². The lowest BCUT2D eigenvalue weighted by Gasteiger charge is -2.11. The largest absolute Gasteiger partial charge is 0.394 e. The van der Waals surface area contributed by atoms with Gasteiger partial charge in [-0.25, -0.2) is 4.68 Å². The van der Waals surface area contributed by atoms with Crippen LogP contribution in [0, 0.1) is 5.92 Å². The highest BCUT2D eigenvalue weighted by Gasteiger charge is 2.07. The number of aromatic nitrogens is 2. The van der Waals surface area contributed by atoms with Crippen LogP contribution in [-0.4, -0.2) is 41.3 Å². The van der Waals surface area contributed by atoms with Crippen LogP contribution in [-0.2, 0) is 11.3 Å². The second-order valence-electron chi connectivity index (χ2n) is 4.52. The molecule has 0 aliphatic rings. The molecule has 1 aromatic rings. The third kappa shape index (κ3) is 5.30. The number of ether oxygens (including phenoxy) is 1. The fourth-order valence-corrected chi connectivity index (χ4v) is 1.87. The van der Waals surface area contributed by atoms with Crippen molar-refractivity contribution in [3.63, 3.8) is 0 Å². The van der Waals surface area contributed by atoms with Gasteiger partial charge in [0.25, 0.3) is 5.56 Å². The third-order valence-electron chi connectivity index (χ3n) is 2.31. The van der Waals surface area contributed by atoms with E-state index in [9.17, 15) is 4.79 Å². The van der Waals surface area contributed by atoms with Crippen molar-refractivity contribution < 1.29 is 9.84 Å². The number of anilines is 1. The van der Waals surface area contributed by atoms with E-state index in [0.29, 0.717) is 29.2 Å². The number of nitrogens with zero attached hydrogens (tertiary/aromatic N) is 2. The monoisotopic (exact) mass is 333 g/mol. The lowest BCUT2D eigenvalue weighted by atomic mass is 10.2. The molecule has 1 rings (SSSR count). The van der Waals surface area contributed by atoms with E-state index in [1.54, 1.807) is 6.20 Å². The summed E-state index contributed by atoms with van der Waals surface area (Å²) in [7, 11) is 0. The Hall–Kier alpha value is -0.920. The van der Waals surface area contributed by atoms with Gasteiger partial charge in [0.2, 0.25) is 0 Å². The van der Waals surface area contributed by atoms with E-state index in [0.717, 1.165) is 6.61 Å². The van der Waals surface area contributed by atoms with Gasteiger partial charge in [-0.15, -0.1) is 0 Å². The Morgan fingerprint density at radius 2 is 2.32 bits per heavy atom. The predicted octanol–water partition coefficient (Wildman–Crippen LogP) is 1.08. The maximum Gasteiger partial charge on any atom is 0.283 e. The molecule has 0 spiro atoms. The minimum Gasteiger partial charge on any atom is -0.394 e. The van der Waals surface area contributed by atoms with Crippen molar-refractivity contribution in [3.05, 3.63) is 21.0 Å². The molecule has 0 aliphatic heterocycles. The molecule has 1 heterocycles. The average molecular weight is 334 g/mol. The molecule has 2 N–H and O–H groups in total. The normalized spacial score (nSPS) is 11.0. The highest BCUT2D eigenvalue weighted by atomic mass is 79.9. The fourth-order valence-electron chi connectivity index (χ4n) is 1.42. The Morgan fingerprint density at radius 1 is 1.58 bits per heavy atom. The highest BCUT2D eigenvalue weighted by molar-refractivity contribution is 9.10. The zero-order valence-corrected chi connectivity index (χ0v) is 12.8. The Morgan fingerprint density at radius 3 is 2.95 bits per heavy atom. The van der Waals surface area contributed by atoms with Crippen LogP contribution in [0.5, 0.6) is 0 Å². The Balaban J connectivity index is 2.51. The van der Waals surface area contributed by atoms with Gasteiger partial charge in [-0.05, 0) is 21.8 Å². The van der Waals surface area contributed by atoms with E-state index in [-0.39, 0.29) is 18.7 Å². The minimum absolute atomic E-state index is 0.116. The molecule has 6 nitrogen and oxygen atoms in total. The maximum absolute atomic E-state index is 11.8. The summed E-state index contributed by atoms with van der Waals surface area (Å²) in [6, 6.07) is 0. The number of rotatable bonds is 8. The van der Waals surface area contributed by atoms with E-state index in [1.165, 1.54) is 4.68 Å². The summed E-state index contributed by atoms with van der Waals surface area (Å²) in [6.07, 6.45) is 1.56. The first kappa shape index (κ1) is 16.1. The summed E-state index contributed by atoms with van der Waals surface area (Å²) in [6.45, 7) is 6.16. The summed E-state index contributed by atoms with van der Waals surface area (Å²) < 4.78 is 7.06. The SMILES string of the molecule is CC(C)COCCNc1cnn(CCO)c(=O)c1Br. The summed E-state index contributed by atoms with van der Waals surface area (Å²) in [5, 5.41) is 15.9. The summed E-state index contributed by atoms with van der Waals surface area (Å²) in [5.74, 6) is 0.510. The van der Waals surface area contributed by atoms with E-state index < -0.39 is 0 Å². The smallest absolute Gasteiger partial charge is 0.283 e. The Labute approximate surface area is 120 Å². The topological polar surface area (TPSA) is 76.4 Å². The van der Waals surface area contributed by atoms with Gasteiger partial charge < -0.3 is 15.2 Å². The van der Waals surface area contributed by atoms with Crippen molar-refractivity contribution in [1.29, 1.82) is 0 Å². The molecule has 0 amide bonds. The molecule has 0 radical (unpaired) electrons. The van der Waals surface area contributed by atoms with Crippen LogP contribution in [0.3, 0.4) is 0 Å². The Bertz CT molecular complexity index is 448. The lowest BCUT2D eigenvalue weighted by molar-refractivity contribution is 0.118. The lowest BCUT2D eigenvalue weighted by Crippen LogP contribution is -2.26. The van der Waals surface area contributed by atoms with Crippen molar-refractivity contribution in [2.75, 3.05) is 31.7 Å². The van der Waals surface area contributed by atoms with Crippen LogP contribution in [0.4, 0.5) is 5.69 Å². The fraction of sp³-hybridized carbons (Fsp3) is 0.667. The molecule has 0 bridgehead atoms. The molecule has 0 unspecified atom stereocenters. The van der Waals surface area contributed by atoms with Gasteiger partial charge in [-0.1, -0.05) is 13.8 Å². The van der Waals surface area contributed by atoms with Crippen LogP contribution in [0.1, 0.15) is 13.8 Å². The maximum atomic E-state index is 11.8. The quantitative estimate of drug-likeness (QED) is 0.696. The average Bonchev–Trinajstić information content (AvgIpc) is 2.37. The summed E-state index contributed by atoms with van der Waals surface area (Å²) in [5.41, 5.74) is 0.370. The predicted molar refractivity (Wildman–Crippen MR) is 77.4 cm³/mol. The van der Waals surface area contributed by atoms with E-state index >= 15 is 0 Å². The molecule has 0 atom stereocenters. The van der Waals surface area contributed by atoms with Crippen molar-refractivity contribution in [3.8, 4) is 0 Å². The summed E-state index contributed by atoms with van der Waals surface area (Å²) in [4.78, 5) is 11.8. The van der Waals surface area contributed by atoms with Gasteiger partial charge in [-0.3, -0.25) is 4.79 Å². The zero-order valence-electron chi connectivity index (χ0n) is 11.2. The van der Waals surface area contributed by atoms with Gasteiger partial charge in [0.05, 0.1) is 31.6 Å². The number of aliphatic hydroxyl groups excluding tert-OH is 1. The van der Waals surface area contributed by atoms with Crippen molar-refractivity contribution in [2.45, 2.75) is 20.4 Å². The van der Waals surface area contributed by atoms with E-state index in [4.69, 9.17) is 9.84 Å². The van der Waals surface area contributed by atoms with Crippen LogP contribution in [0.15, 0.2) is 15.5 Å². The van der Waals surface area contributed by atoms with Gasteiger partial charge >= 0.3 is 0 Å². The molecular weight excluding hydrogens is 314 g/mol. The molecule has 108 valence electrons. The highest BCUT2D eigenvalue weighted by Crippen LogP contribution is 2.15. The van der Waals surface area contributed by atoms with E-state index in [1.807, 2.05) is 0 Å².